The Kier molecular flexibility index (Phi) is 2890. The Bertz CT molecular complexity index is 210. The molecule has 0 saturated carbocycles. The van der Waals surface area contributed by atoms with E-state index in [1.807, 2.05) is 7.26 Å². The minimum Gasteiger partial charge on any atom is -0.512 e. The van der Waals surface area contributed by atoms with Crippen molar-refractivity contribution >= 4 is 24.2 Å². The monoisotopic (exact) mass is 556 g/mol. The van der Waals surface area contributed by atoms with Gasteiger partial charge in [0, 0.05) is 0 Å². The van der Waals surface area contributed by atoms with E-state index < -0.39 is 24.2 Å². The van der Waals surface area contributed by atoms with Crippen molar-refractivity contribution in [2.75, 3.05) is 0 Å². The fourth-order valence-corrected chi connectivity index (χ4v) is 0.219. The van der Waals surface area contributed by atoms with Crippen molar-refractivity contribution in [3.8, 4) is 7.26 Å². The first kappa shape index (κ1) is 56.9. The van der Waals surface area contributed by atoms with Crippen LogP contribution in [0.15, 0.2) is 0 Å². The third-order valence-corrected chi connectivity index (χ3v) is 0.981. The van der Waals surface area contributed by atoms with E-state index in [2.05, 4.69) is 0 Å². The van der Waals surface area contributed by atoms with Crippen LogP contribution in [0.1, 0.15) is 0 Å². The van der Waals surface area contributed by atoms with Gasteiger partial charge in [-0.2, -0.15) is 0 Å². The van der Waals surface area contributed by atoms with E-state index in [1.165, 1.54) is 0 Å². The van der Waals surface area contributed by atoms with E-state index in [9.17, 15) is 0 Å². The summed E-state index contributed by atoms with van der Waals surface area (Å²) in [4.78, 5) is 0. The molecule has 0 aromatic carbocycles. The zero-order valence-electron chi connectivity index (χ0n) is 8.25. The third kappa shape index (κ3) is 3730. The average Bonchev–Trinajstić information content (AvgIpc) is 2.42. The van der Waals surface area contributed by atoms with Gasteiger partial charge in [0.2, 0.25) is 0 Å². The molecule has 3 radical (unpaired) electrons. The normalized spacial score (nSPS) is 1.88. The number of hydrogen-bond acceptors (Lipinski definition) is 7. The van der Waals surface area contributed by atoms with Gasteiger partial charge in [-0.05, 0) is 0 Å². The van der Waals surface area contributed by atoms with Crippen LogP contribution in [-0.2, 0) is 44.7 Å². The molecule has 7 nitrogen and oxygen atoms in total. The molecule has 0 aromatic heterocycles. The molecule has 0 unspecified atom stereocenters. The molecular formula is C7CdCrN7Pb. The van der Waals surface area contributed by atoms with E-state index in [0.717, 1.165) is 0 Å². The van der Waals surface area contributed by atoms with E-state index >= 15 is 0 Å². The minimum atomic E-state index is -1.34. The van der Waals surface area contributed by atoms with Crippen LogP contribution < -0.4 is 0 Å². The summed E-state index contributed by atoms with van der Waals surface area (Å²) in [7, 11) is 0. The molecule has 0 fully saturated rings. The van der Waals surface area contributed by atoms with Crippen LogP contribution in [0.3, 0.4) is 0 Å². The molecule has 0 atom stereocenters. The second-order valence-electron chi connectivity index (χ2n) is 0.349. The molecule has 0 aliphatic rings. The van der Waals surface area contributed by atoms with Gasteiger partial charge in [0.25, 0.3) is 0 Å². The Hall–Kier alpha value is -1.19. The van der Waals surface area contributed by atoms with E-state index in [4.69, 9.17) is 69.7 Å². The number of hydrogen-bond donors (Lipinski definition) is 0. The first-order chi connectivity index (χ1) is 7.41. The van der Waals surface area contributed by atoms with Gasteiger partial charge in [0.1, 0.15) is 0 Å². The molecule has 10 heteroatoms. The van der Waals surface area contributed by atoms with Gasteiger partial charge in [-0.25, -0.2) is 0 Å². The number of rotatable bonds is 0. The van der Waals surface area contributed by atoms with Crippen molar-refractivity contribution in [3.63, 3.8) is 0 Å². The SMILES string of the molecule is N#[C][Pb][C]#N.[C-]#N.[C-]#N.[C-]#N.[C-]#N.[C-]#N.[Cd+2].[Cr+3]. The van der Waals surface area contributed by atoms with Gasteiger partial charge in [-0.3, -0.25) is 0 Å². The van der Waals surface area contributed by atoms with E-state index in [-0.39, 0.29) is 44.7 Å². The summed E-state index contributed by atoms with van der Waals surface area (Å²) < 4.78 is 3.70. The first-order valence-corrected chi connectivity index (χ1v) is 5.95. The molecule has 0 rings (SSSR count). The van der Waals surface area contributed by atoms with Gasteiger partial charge in [-0.15, -0.1) is 0 Å². The zero-order valence-corrected chi connectivity index (χ0v) is 17.4. The predicted molar refractivity (Wildman–Crippen MR) is 41.8 cm³/mol. The van der Waals surface area contributed by atoms with Gasteiger partial charge in [0.05, 0.1) is 0 Å². The van der Waals surface area contributed by atoms with Gasteiger partial charge in [0.15, 0.2) is 0 Å². The molecular weight excluding hydrogens is 554 g/mol. The maximum atomic E-state index is 7.68. The topological polar surface area (TPSA) is 167 Å². The summed E-state index contributed by atoms with van der Waals surface area (Å²) in [5, 5.41) is 46.6. The predicted octanol–water partition coefficient (Wildman–Crippen LogP) is 0.130. The van der Waals surface area contributed by atoms with Crippen molar-refractivity contribution < 1.29 is 44.7 Å². The van der Waals surface area contributed by atoms with Crippen LogP contribution in [-0.4, -0.2) is 24.2 Å². The van der Waals surface area contributed by atoms with Crippen LogP contribution in [0.2, 0.25) is 0 Å². The van der Waals surface area contributed by atoms with Crippen LogP contribution in [0.25, 0.3) is 0 Å². The summed E-state index contributed by atoms with van der Waals surface area (Å²) >= 11 is -1.34. The fourth-order valence-electron chi connectivity index (χ4n) is 0.0250. The summed E-state index contributed by atoms with van der Waals surface area (Å²) in [6.45, 7) is 23.8. The molecule has 17 heavy (non-hydrogen) atoms. The van der Waals surface area contributed by atoms with Crippen molar-refractivity contribution in [2.45, 2.75) is 0 Å². The van der Waals surface area contributed by atoms with Crippen molar-refractivity contribution in [1.82, 2.24) is 0 Å². The van der Waals surface area contributed by atoms with Crippen LogP contribution >= 0.6 is 0 Å². The molecule has 0 spiro atoms. The average molecular weight is 554 g/mol. The molecule has 0 bridgehead atoms. The van der Waals surface area contributed by atoms with Gasteiger partial charge < -0.3 is 59.2 Å². The Morgan fingerprint density at radius 2 is 0.706 bits per heavy atom. The molecule has 0 amide bonds. The number of nitrogens with zero attached hydrogens (tertiary/aromatic N) is 7. The minimum absolute atomic E-state index is 0. The quantitative estimate of drug-likeness (QED) is 0.303. The molecule has 0 saturated heterocycles. The summed E-state index contributed by atoms with van der Waals surface area (Å²) in [6, 6.07) is 0. The van der Waals surface area contributed by atoms with Gasteiger partial charge in [-0.1, -0.05) is 0 Å². The molecule has 0 N–H and O–H groups in total. The Labute approximate surface area is 144 Å². The Morgan fingerprint density at radius 1 is 0.588 bits per heavy atom. The van der Waals surface area contributed by atoms with Crippen LogP contribution in [0.5, 0.6) is 0 Å². The largest absolute Gasteiger partial charge is 3.00 e. The molecule has 0 aliphatic heterocycles. The second-order valence-corrected chi connectivity index (χ2v) is 3.06. The van der Waals surface area contributed by atoms with E-state index in [1.54, 1.807) is 0 Å². The summed E-state index contributed by atoms with van der Waals surface area (Å²) in [6.07, 6.45) is 0. The second kappa shape index (κ2) is 865. The first-order valence-electron chi connectivity index (χ1n) is 2.07. The Morgan fingerprint density at radius 3 is 0.706 bits per heavy atom. The maximum absolute atomic E-state index is 7.68. The maximum Gasteiger partial charge on any atom is 3.00 e. The van der Waals surface area contributed by atoms with Crippen LogP contribution in [0, 0.1) is 77.0 Å². The smallest absolute Gasteiger partial charge is 0.512 e. The third-order valence-electron chi connectivity index (χ3n) is 0.112. The van der Waals surface area contributed by atoms with Gasteiger partial charge >= 0.3 is 86.7 Å². The van der Waals surface area contributed by atoms with Crippen molar-refractivity contribution in [1.29, 1.82) is 36.8 Å². The molecule has 0 aromatic rings. The molecule has 75 valence electrons. The molecule has 0 heterocycles. The van der Waals surface area contributed by atoms with Crippen molar-refractivity contribution in [2.24, 2.45) is 0 Å². The fraction of sp³-hybridized carbons (Fsp3) is 0. The summed E-state index contributed by atoms with van der Waals surface area (Å²) in [5.41, 5.74) is 0. The molecule has 0 aliphatic carbocycles. The summed E-state index contributed by atoms with van der Waals surface area (Å²) in [5.74, 6) is 0. The Balaban J connectivity index is -0.00000001000. The standard InChI is InChI=1S/7CN.Cd.Cr.Pb/c7*1-2;;;/q;;5*-1;+2;+3;. The van der Waals surface area contributed by atoms with E-state index in [0.29, 0.717) is 0 Å². The zero-order chi connectivity index (χ0) is 14.1. The number of nitriles is 2. The van der Waals surface area contributed by atoms with Crippen LogP contribution in [0.4, 0.5) is 0 Å². The van der Waals surface area contributed by atoms with Crippen molar-refractivity contribution in [3.05, 3.63) is 32.9 Å².